The van der Waals surface area contributed by atoms with Gasteiger partial charge < -0.3 is 15.2 Å². The number of hydrogen-bond acceptors (Lipinski definition) is 2. The fraction of sp³-hybridized carbons (Fsp3) is 0.857. The summed E-state index contributed by atoms with van der Waals surface area (Å²) in [5, 5.41) is 10.3. The van der Waals surface area contributed by atoms with Gasteiger partial charge in [0.05, 0.1) is 13.2 Å². The van der Waals surface area contributed by atoms with E-state index >= 15 is 0 Å². The van der Waals surface area contributed by atoms with Gasteiger partial charge in [0, 0.05) is 6.61 Å². The Balaban J connectivity index is 2.31. The number of ether oxygens (including phenoxy) is 1. The third kappa shape index (κ3) is 2.65. The molecule has 1 saturated heterocycles. The molecule has 0 radical (unpaired) electrons. The van der Waals surface area contributed by atoms with E-state index in [9.17, 15) is 9.18 Å². The fourth-order valence-electron chi connectivity index (χ4n) is 1.19. The highest BCUT2D eigenvalue weighted by Gasteiger charge is 2.32. The van der Waals surface area contributed by atoms with Crippen molar-refractivity contribution < 1.29 is 19.0 Å². The summed E-state index contributed by atoms with van der Waals surface area (Å²) in [7, 11) is 0. The summed E-state index contributed by atoms with van der Waals surface area (Å²) in [6, 6.07) is 0. The first-order chi connectivity index (χ1) is 5.62. The van der Waals surface area contributed by atoms with E-state index in [-0.39, 0.29) is 13.2 Å². The molecule has 0 unspecified atom stereocenters. The summed E-state index contributed by atoms with van der Waals surface area (Å²) < 4.78 is 18.4. The Morgan fingerprint density at radius 2 is 2.50 bits per heavy atom. The largest absolute Gasteiger partial charge is 0.465 e. The van der Waals surface area contributed by atoms with E-state index in [0.29, 0.717) is 19.4 Å². The summed E-state index contributed by atoms with van der Waals surface area (Å²) in [6.45, 7) is 0.383. The average Bonchev–Trinajstić information content (AvgIpc) is 2.03. The van der Waals surface area contributed by atoms with Gasteiger partial charge >= 0.3 is 6.09 Å². The lowest BCUT2D eigenvalue weighted by Crippen LogP contribution is -2.44. The van der Waals surface area contributed by atoms with Crippen LogP contribution in [0.5, 0.6) is 0 Å². The molecule has 0 aliphatic carbocycles. The second-order valence-corrected chi connectivity index (χ2v) is 2.97. The normalized spacial score (nSPS) is 29.8. The monoisotopic (exact) mass is 177 g/mol. The number of halogens is 1. The van der Waals surface area contributed by atoms with Crippen molar-refractivity contribution in [3.05, 3.63) is 0 Å². The summed E-state index contributed by atoms with van der Waals surface area (Å²) in [5.74, 6) is 0. The van der Waals surface area contributed by atoms with Crippen molar-refractivity contribution in [3.63, 3.8) is 0 Å². The zero-order valence-electron chi connectivity index (χ0n) is 6.68. The Bertz CT molecular complexity index is 168. The molecule has 0 bridgehead atoms. The van der Waals surface area contributed by atoms with Crippen LogP contribution < -0.4 is 5.32 Å². The number of carbonyl (C=O) groups is 1. The Morgan fingerprint density at radius 3 is 3.00 bits per heavy atom. The summed E-state index contributed by atoms with van der Waals surface area (Å²) in [5.41, 5.74) is -1.50. The molecule has 0 spiro atoms. The van der Waals surface area contributed by atoms with Crippen LogP contribution in [0, 0.1) is 0 Å². The van der Waals surface area contributed by atoms with Crippen molar-refractivity contribution in [2.45, 2.75) is 18.5 Å². The molecule has 0 aromatic rings. The Morgan fingerprint density at radius 1 is 1.75 bits per heavy atom. The van der Waals surface area contributed by atoms with Gasteiger partial charge in [-0.1, -0.05) is 0 Å². The Hall–Kier alpha value is -0.840. The van der Waals surface area contributed by atoms with Crippen LogP contribution in [0.15, 0.2) is 0 Å². The van der Waals surface area contributed by atoms with Crippen molar-refractivity contribution in [2.75, 3.05) is 19.8 Å². The highest BCUT2D eigenvalue weighted by atomic mass is 19.1. The lowest BCUT2D eigenvalue weighted by atomic mass is 9.99. The molecule has 4 nitrogen and oxygen atoms in total. The number of rotatable bonds is 2. The zero-order valence-corrected chi connectivity index (χ0v) is 6.68. The minimum absolute atomic E-state index is 0.00667. The van der Waals surface area contributed by atoms with Gasteiger partial charge in [-0.05, 0) is 12.8 Å². The van der Waals surface area contributed by atoms with Crippen LogP contribution in [0.1, 0.15) is 12.8 Å². The molecule has 0 saturated carbocycles. The average molecular weight is 177 g/mol. The molecule has 70 valence electrons. The minimum Gasteiger partial charge on any atom is -0.465 e. The molecule has 1 rings (SSSR count). The van der Waals surface area contributed by atoms with Gasteiger partial charge in [-0.2, -0.15) is 0 Å². The molecular formula is C7H12FNO3. The molecule has 0 aromatic carbocycles. The summed E-state index contributed by atoms with van der Waals surface area (Å²) >= 11 is 0. The number of alkyl halides is 1. The van der Waals surface area contributed by atoms with Gasteiger partial charge in [-0.3, -0.25) is 0 Å². The standard InChI is InChI=1S/C7H12FNO3/c8-7(4-9-6(10)11)2-1-3-12-5-7/h9H,1-5H2,(H,10,11)/t7-/m0/s1. The topological polar surface area (TPSA) is 58.6 Å². The van der Waals surface area contributed by atoms with Gasteiger partial charge in [0.15, 0.2) is 5.67 Å². The highest BCUT2D eigenvalue weighted by molar-refractivity contribution is 5.64. The van der Waals surface area contributed by atoms with Crippen LogP contribution in [0.2, 0.25) is 0 Å². The number of nitrogens with one attached hydrogen (secondary N) is 1. The minimum atomic E-state index is -1.50. The predicted molar refractivity (Wildman–Crippen MR) is 39.9 cm³/mol. The summed E-state index contributed by atoms with van der Waals surface area (Å²) in [6.07, 6.45) is -0.178. The van der Waals surface area contributed by atoms with Crippen molar-refractivity contribution in [3.8, 4) is 0 Å². The van der Waals surface area contributed by atoms with Crippen LogP contribution in [0.25, 0.3) is 0 Å². The van der Waals surface area contributed by atoms with Crippen molar-refractivity contribution in [1.82, 2.24) is 5.32 Å². The number of carboxylic acid groups (broad SMARTS) is 1. The van der Waals surface area contributed by atoms with Crippen LogP contribution >= 0.6 is 0 Å². The van der Waals surface area contributed by atoms with E-state index in [0.717, 1.165) is 0 Å². The smallest absolute Gasteiger partial charge is 0.404 e. The van der Waals surface area contributed by atoms with Gasteiger partial charge in [0.2, 0.25) is 0 Å². The molecule has 1 amide bonds. The van der Waals surface area contributed by atoms with E-state index in [1.165, 1.54) is 0 Å². The van der Waals surface area contributed by atoms with Crippen molar-refractivity contribution in [2.24, 2.45) is 0 Å². The first kappa shape index (κ1) is 9.25. The van der Waals surface area contributed by atoms with E-state index in [1.807, 2.05) is 5.32 Å². The van der Waals surface area contributed by atoms with E-state index in [4.69, 9.17) is 9.84 Å². The van der Waals surface area contributed by atoms with Crippen molar-refractivity contribution >= 4 is 6.09 Å². The first-order valence-corrected chi connectivity index (χ1v) is 3.86. The van der Waals surface area contributed by atoms with Gasteiger partial charge in [-0.25, -0.2) is 9.18 Å². The number of hydrogen-bond donors (Lipinski definition) is 2. The molecule has 1 aliphatic heterocycles. The van der Waals surface area contributed by atoms with Gasteiger partial charge in [0.1, 0.15) is 0 Å². The third-order valence-corrected chi connectivity index (χ3v) is 1.83. The van der Waals surface area contributed by atoms with E-state index in [1.54, 1.807) is 0 Å². The molecule has 1 aliphatic rings. The summed E-state index contributed by atoms with van der Waals surface area (Å²) in [4.78, 5) is 10.1. The SMILES string of the molecule is O=C(O)NC[C@@]1(F)CCCOC1. The zero-order chi connectivity index (χ0) is 9.03. The van der Waals surface area contributed by atoms with Gasteiger partial charge in [-0.15, -0.1) is 0 Å². The van der Waals surface area contributed by atoms with E-state index < -0.39 is 11.8 Å². The highest BCUT2D eigenvalue weighted by Crippen LogP contribution is 2.22. The first-order valence-electron chi connectivity index (χ1n) is 3.86. The molecular weight excluding hydrogens is 165 g/mol. The van der Waals surface area contributed by atoms with E-state index in [2.05, 4.69) is 0 Å². The molecule has 1 fully saturated rings. The van der Waals surface area contributed by atoms with Crippen LogP contribution in [0.4, 0.5) is 9.18 Å². The van der Waals surface area contributed by atoms with Crippen LogP contribution in [-0.2, 0) is 4.74 Å². The molecule has 1 heterocycles. The molecule has 0 aromatic heterocycles. The predicted octanol–water partition coefficient (Wildman–Crippen LogP) is 0.773. The second-order valence-electron chi connectivity index (χ2n) is 2.97. The third-order valence-electron chi connectivity index (χ3n) is 1.83. The van der Waals surface area contributed by atoms with Crippen LogP contribution in [-0.4, -0.2) is 36.6 Å². The fourth-order valence-corrected chi connectivity index (χ4v) is 1.19. The molecule has 1 atom stereocenters. The maximum Gasteiger partial charge on any atom is 0.404 e. The molecule has 2 N–H and O–H groups in total. The van der Waals surface area contributed by atoms with Crippen LogP contribution in [0.3, 0.4) is 0 Å². The second kappa shape index (κ2) is 3.71. The number of amides is 1. The maximum atomic E-state index is 13.5. The Labute approximate surface area is 69.7 Å². The molecule has 5 heteroatoms. The van der Waals surface area contributed by atoms with Gasteiger partial charge in [0.25, 0.3) is 0 Å². The van der Waals surface area contributed by atoms with Crippen molar-refractivity contribution in [1.29, 1.82) is 0 Å². The quantitative estimate of drug-likeness (QED) is 0.655. The molecule has 12 heavy (non-hydrogen) atoms. The lowest BCUT2D eigenvalue weighted by Gasteiger charge is -2.28. The maximum absolute atomic E-state index is 13.5. The Kier molecular flexibility index (Phi) is 2.86. The lowest BCUT2D eigenvalue weighted by molar-refractivity contribution is -0.0294.